The normalized spacial score (nSPS) is 16.4. The van der Waals surface area contributed by atoms with Crippen LogP contribution in [-0.2, 0) is 14.3 Å². The Morgan fingerprint density at radius 2 is 2.06 bits per heavy atom. The Hall–Kier alpha value is -1.21. The molecule has 0 radical (unpaired) electrons. The zero-order valence-corrected chi connectivity index (χ0v) is 11.3. The van der Waals surface area contributed by atoms with E-state index < -0.39 is 11.8 Å². The summed E-state index contributed by atoms with van der Waals surface area (Å²) in [7, 11) is 0. The zero-order chi connectivity index (χ0) is 13.5. The first kappa shape index (κ1) is 14.8. The number of likely N-dealkylation sites (tertiary alicyclic amines) is 1. The van der Waals surface area contributed by atoms with Crippen LogP contribution in [0.15, 0.2) is 0 Å². The van der Waals surface area contributed by atoms with Crippen LogP contribution in [0.1, 0.15) is 19.8 Å². The largest absolute Gasteiger partial charge is 0.392 e. The number of nitrogens with two attached hydrogens (primary N) is 1. The van der Waals surface area contributed by atoms with Crippen LogP contribution in [0, 0.1) is 0 Å². The van der Waals surface area contributed by atoms with Gasteiger partial charge >= 0.3 is 11.8 Å². The van der Waals surface area contributed by atoms with Crippen molar-refractivity contribution >= 4 is 29.0 Å². The quantitative estimate of drug-likeness (QED) is 0.528. The minimum Gasteiger partial charge on any atom is -0.392 e. The van der Waals surface area contributed by atoms with Crippen molar-refractivity contribution in [3.63, 3.8) is 0 Å². The highest BCUT2D eigenvalue weighted by Crippen LogP contribution is 2.13. The van der Waals surface area contributed by atoms with Crippen LogP contribution in [0.3, 0.4) is 0 Å². The highest BCUT2D eigenvalue weighted by atomic mass is 32.1. The van der Waals surface area contributed by atoms with Gasteiger partial charge in [-0.3, -0.25) is 9.59 Å². The van der Waals surface area contributed by atoms with Crippen molar-refractivity contribution in [3.8, 4) is 0 Å². The highest BCUT2D eigenvalue weighted by Gasteiger charge is 2.26. The molecule has 0 aromatic carbocycles. The van der Waals surface area contributed by atoms with E-state index in [1.165, 1.54) is 4.90 Å². The number of rotatable bonds is 4. The van der Waals surface area contributed by atoms with E-state index in [1.54, 1.807) is 0 Å². The Labute approximate surface area is 112 Å². The van der Waals surface area contributed by atoms with Crippen LogP contribution < -0.4 is 11.1 Å². The van der Waals surface area contributed by atoms with Crippen molar-refractivity contribution < 1.29 is 14.3 Å². The summed E-state index contributed by atoms with van der Waals surface area (Å²) in [6.07, 6.45) is 1.73. The second-order valence-electron chi connectivity index (χ2n) is 4.10. The average molecular weight is 273 g/mol. The Morgan fingerprint density at radius 3 is 2.56 bits per heavy atom. The van der Waals surface area contributed by atoms with Gasteiger partial charge in [-0.2, -0.15) is 0 Å². The van der Waals surface area contributed by atoms with Crippen molar-refractivity contribution in [3.05, 3.63) is 0 Å². The summed E-state index contributed by atoms with van der Waals surface area (Å²) in [6.45, 7) is 3.76. The van der Waals surface area contributed by atoms with Crippen LogP contribution in [0.4, 0.5) is 0 Å². The second kappa shape index (κ2) is 7.27. The number of thiocarbonyl (C=S) groups is 1. The van der Waals surface area contributed by atoms with Crippen LogP contribution in [-0.4, -0.2) is 54.0 Å². The van der Waals surface area contributed by atoms with Crippen molar-refractivity contribution in [2.75, 3.05) is 26.2 Å². The first-order valence-corrected chi connectivity index (χ1v) is 6.42. The van der Waals surface area contributed by atoms with Gasteiger partial charge in [0.2, 0.25) is 0 Å². The SMILES string of the molecule is CCOC1CCN(C(=O)C(=O)NCC(N)=S)CC1. The summed E-state index contributed by atoms with van der Waals surface area (Å²) in [5.74, 6) is -1.18. The smallest absolute Gasteiger partial charge is 0.311 e. The van der Waals surface area contributed by atoms with Gasteiger partial charge in [-0.15, -0.1) is 0 Å². The molecule has 0 bridgehead atoms. The van der Waals surface area contributed by atoms with Gasteiger partial charge < -0.3 is 20.7 Å². The number of nitrogens with zero attached hydrogens (tertiary/aromatic N) is 1. The summed E-state index contributed by atoms with van der Waals surface area (Å²) < 4.78 is 5.48. The third kappa shape index (κ3) is 4.58. The molecule has 2 amide bonds. The zero-order valence-electron chi connectivity index (χ0n) is 10.5. The molecular weight excluding hydrogens is 254 g/mol. The molecule has 0 spiro atoms. The summed E-state index contributed by atoms with van der Waals surface area (Å²) in [6, 6.07) is 0. The predicted molar refractivity (Wildman–Crippen MR) is 71.0 cm³/mol. The molecule has 1 aliphatic rings. The minimum atomic E-state index is -0.655. The predicted octanol–water partition coefficient (Wildman–Crippen LogP) is -0.584. The number of hydrogen-bond acceptors (Lipinski definition) is 4. The number of nitrogens with one attached hydrogen (secondary N) is 1. The number of hydrogen-bond donors (Lipinski definition) is 2. The van der Waals surface area contributed by atoms with Gasteiger partial charge in [0.25, 0.3) is 0 Å². The average Bonchev–Trinajstić information content (AvgIpc) is 2.36. The lowest BCUT2D eigenvalue weighted by molar-refractivity contribution is -0.147. The van der Waals surface area contributed by atoms with E-state index in [9.17, 15) is 9.59 Å². The molecule has 1 saturated heterocycles. The lowest BCUT2D eigenvalue weighted by Gasteiger charge is -2.31. The standard InChI is InChI=1S/C11H19N3O3S/c1-2-17-8-3-5-14(6-4-8)11(16)10(15)13-7-9(12)18/h8H,2-7H2,1H3,(H2,12,18)(H,13,15). The van der Waals surface area contributed by atoms with Gasteiger partial charge in [0.15, 0.2) is 0 Å². The topological polar surface area (TPSA) is 84.7 Å². The fourth-order valence-corrected chi connectivity index (χ4v) is 1.92. The van der Waals surface area contributed by atoms with E-state index in [-0.39, 0.29) is 17.6 Å². The summed E-state index contributed by atoms with van der Waals surface area (Å²) in [4.78, 5) is 25.0. The first-order valence-electron chi connectivity index (χ1n) is 6.01. The molecule has 1 aliphatic heterocycles. The van der Waals surface area contributed by atoms with Crippen molar-refractivity contribution in [2.45, 2.75) is 25.9 Å². The monoisotopic (exact) mass is 273 g/mol. The number of carbonyl (C=O) groups excluding carboxylic acids is 2. The Kier molecular flexibility index (Phi) is 6.00. The molecule has 7 heteroatoms. The summed E-state index contributed by atoms with van der Waals surface area (Å²) in [5, 5.41) is 2.39. The van der Waals surface area contributed by atoms with E-state index in [1.807, 2.05) is 6.92 Å². The van der Waals surface area contributed by atoms with Gasteiger partial charge in [-0.25, -0.2) is 0 Å². The van der Waals surface area contributed by atoms with Gasteiger partial charge in [0.05, 0.1) is 17.6 Å². The third-order valence-electron chi connectivity index (χ3n) is 2.75. The fourth-order valence-electron chi connectivity index (χ4n) is 1.85. The van der Waals surface area contributed by atoms with Gasteiger partial charge in [0, 0.05) is 19.7 Å². The van der Waals surface area contributed by atoms with Crippen molar-refractivity contribution in [2.24, 2.45) is 5.73 Å². The van der Waals surface area contributed by atoms with E-state index in [2.05, 4.69) is 17.5 Å². The summed E-state index contributed by atoms with van der Waals surface area (Å²) >= 11 is 4.62. The third-order valence-corrected chi connectivity index (χ3v) is 2.89. The maximum absolute atomic E-state index is 11.8. The Bertz CT molecular complexity index is 327. The molecule has 6 nitrogen and oxygen atoms in total. The molecule has 102 valence electrons. The first-order chi connectivity index (χ1) is 8.54. The van der Waals surface area contributed by atoms with Crippen LogP contribution in [0.2, 0.25) is 0 Å². The van der Waals surface area contributed by atoms with E-state index in [0.29, 0.717) is 19.7 Å². The van der Waals surface area contributed by atoms with Crippen molar-refractivity contribution in [1.82, 2.24) is 10.2 Å². The number of ether oxygens (including phenoxy) is 1. The molecule has 0 aliphatic carbocycles. The fraction of sp³-hybridized carbons (Fsp3) is 0.727. The second-order valence-corrected chi connectivity index (χ2v) is 4.62. The highest BCUT2D eigenvalue weighted by molar-refractivity contribution is 7.80. The van der Waals surface area contributed by atoms with Gasteiger partial charge in [0.1, 0.15) is 0 Å². The van der Waals surface area contributed by atoms with Crippen molar-refractivity contribution in [1.29, 1.82) is 0 Å². The van der Waals surface area contributed by atoms with E-state index >= 15 is 0 Å². The molecule has 0 unspecified atom stereocenters. The summed E-state index contributed by atoms with van der Waals surface area (Å²) in [5.41, 5.74) is 5.25. The van der Waals surface area contributed by atoms with Crippen LogP contribution in [0.25, 0.3) is 0 Å². The molecular formula is C11H19N3O3S. The molecule has 3 N–H and O–H groups in total. The molecule has 1 fully saturated rings. The molecule has 0 aromatic heterocycles. The van der Waals surface area contributed by atoms with Crippen LogP contribution in [0.5, 0.6) is 0 Å². The van der Waals surface area contributed by atoms with Gasteiger partial charge in [-0.1, -0.05) is 12.2 Å². The van der Waals surface area contributed by atoms with E-state index in [0.717, 1.165) is 12.8 Å². The van der Waals surface area contributed by atoms with Crippen LogP contribution >= 0.6 is 12.2 Å². The Morgan fingerprint density at radius 1 is 1.44 bits per heavy atom. The molecule has 0 aromatic rings. The maximum Gasteiger partial charge on any atom is 0.311 e. The molecule has 0 atom stereocenters. The molecule has 18 heavy (non-hydrogen) atoms. The Balaban J connectivity index is 2.35. The maximum atomic E-state index is 11.8. The number of amides is 2. The lowest BCUT2D eigenvalue weighted by Crippen LogP contribution is -2.48. The molecule has 1 rings (SSSR count). The molecule has 0 saturated carbocycles. The lowest BCUT2D eigenvalue weighted by atomic mass is 10.1. The minimum absolute atomic E-state index is 0.0509. The number of carbonyl (C=O) groups is 2. The van der Waals surface area contributed by atoms with Gasteiger partial charge in [-0.05, 0) is 19.8 Å². The number of piperidine rings is 1. The molecule has 1 heterocycles. The van der Waals surface area contributed by atoms with E-state index in [4.69, 9.17) is 10.5 Å².